The number of ether oxygens (including phenoxy) is 1. The number of hydrogen-bond acceptors (Lipinski definition) is 5. The fourth-order valence-electron chi connectivity index (χ4n) is 1.81. The van der Waals surface area contributed by atoms with Gasteiger partial charge >= 0.3 is 5.97 Å². The summed E-state index contributed by atoms with van der Waals surface area (Å²) in [5.74, 6) is -0.544. The van der Waals surface area contributed by atoms with Gasteiger partial charge in [-0.3, -0.25) is 4.79 Å². The number of rotatable bonds is 5. The molecule has 0 saturated carbocycles. The standard InChI is InChI=1S/C15H15ClN2O4/c1-9(13-3-2-6-21-13)18-14(19)8-22-15(20)11-7-10(16)4-5-12(11)17/h2-7,9H,8,17H2,1H3,(H,18,19)/t9-/m0/s1. The Hall–Kier alpha value is -2.47. The van der Waals surface area contributed by atoms with Crippen molar-refractivity contribution in [1.29, 1.82) is 0 Å². The summed E-state index contributed by atoms with van der Waals surface area (Å²) in [5.41, 5.74) is 6.03. The molecule has 0 radical (unpaired) electrons. The Bertz CT molecular complexity index is 670. The van der Waals surface area contributed by atoms with Gasteiger partial charge in [0.05, 0.1) is 17.9 Å². The average molecular weight is 323 g/mol. The van der Waals surface area contributed by atoms with Crippen molar-refractivity contribution in [2.75, 3.05) is 12.3 Å². The summed E-state index contributed by atoms with van der Waals surface area (Å²) in [5, 5.41) is 3.01. The number of anilines is 1. The van der Waals surface area contributed by atoms with Crippen LogP contribution < -0.4 is 11.1 Å². The molecule has 1 aromatic heterocycles. The molecule has 0 fully saturated rings. The van der Waals surface area contributed by atoms with Crippen molar-refractivity contribution in [3.05, 3.63) is 52.9 Å². The summed E-state index contributed by atoms with van der Waals surface area (Å²) in [6, 6.07) is 7.59. The molecular formula is C15H15ClN2O4. The summed E-state index contributed by atoms with van der Waals surface area (Å²) >= 11 is 5.80. The Morgan fingerprint density at radius 2 is 2.18 bits per heavy atom. The summed E-state index contributed by atoms with van der Waals surface area (Å²) < 4.78 is 10.1. The minimum atomic E-state index is -0.708. The lowest BCUT2D eigenvalue weighted by Gasteiger charge is -2.12. The third-order valence-corrected chi connectivity index (χ3v) is 3.15. The number of carbonyl (C=O) groups excluding carboxylic acids is 2. The largest absolute Gasteiger partial charge is 0.467 e. The van der Waals surface area contributed by atoms with E-state index in [-0.39, 0.29) is 17.3 Å². The van der Waals surface area contributed by atoms with Gasteiger partial charge in [0, 0.05) is 10.7 Å². The van der Waals surface area contributed by atoms with Crippen molar-refractivity contribution >= 4 is 29.2 Å². The van der Waals surface area contributed by atoms with Crippen LogP contribution in [0.25, 0.3) is 0 Å². The molecule has 0 unspecified atom stereocenters. The quantitative estimate of drug-likeness (QED) is 0.651. The second-order valence-corrected chi connectivity index (χ2v) is 5.05. The Balaban J connectivity index is 1.88. The van der Waals surface area contributed by atoms with Gasteiger partial charge in [-0.25, -0.2) is 4.79 Å². The topological polar surface area (TPSA) is 94.6 Å². The molecule has 1 amide bonds. The SMILES string of the molecule is C[C@H](NC(=O)COC(=O)c1cc(Cl)ccc1N)c1ccco1. The number of furan rings is 1. The van der Waals surface area contributed by atoms with E-state index in [0.29, 0.717) is 10.8 Å². The van der Waals surface area contributed by atoms with Gasteiger partial charge in [0.15, 0.2) is 6.61 Å². The third-order valence-electron chi connectivity index (χ3n) is 2.92. The Kier molecular flexibility index (Phi) is 5.06. The number of carbonyl (C=O) groups is 2. The van der Waals surface area contributed by atoms with Crippen LogP contribution in [0.3, 0.4) is 0 Å². The summed E-state index contributed by atoms with van der Waals surface area (Å²) in [4.78, 5) is 23.6. The molecule has 0 aliphatic heterocycles. The predicted octanol–water partition coefficient (Wildman–Crippen LogP) is 2.55. The van der Waals surface area contributed by atoms with Crippen LogP contribution >= 0.6 is 11.6 Å². The van der Waals surface area contributed by atoms with Crippen LogP contribution in [0.5, 0.6) is 0 Å². The molecule has 0 aliphatic rings. The molecule has 2 rings (SSSR count). The highest BCUT2D eigenvalue weighted by molar-refractivity contribution is 6.31. The van der Waals surface area contributed by atoms with Crippen LogP contribution in [-0.4, -0.2) is 18.5 Å². The zero-order valence-electron chi connectivity index (χ0n) is 11.8. The Morgan fingerprint density at radius 1 is 1.41 bits per heavy atom. The van der Waals surface area contributed by atoms with Gasteiger partial charge in [-0.15, -0.1) is 0 Å². The second-order valence-electron chi connectivity index (χ2n) is 4.61. The van der Waals surface area contributed by atoms with Crippen LogP contribution in [0.1, 0.15) is 29.1 Å². The van der Waals surface area contributed by atoms with E-state index >= 15 is 0 Å². The summed E-state index contributed by atoms with van der Waals surface area (Å²) in [6.45, 7) is 1.34. The molecule has 7 heteroatoms. The van der Waals surface area contributed by atoms with Crippen molar-refractivity contribution in [2.45, 2.75) is 13.0 Å². The van der Waals surface area contributed by atoms with E-state index in [4.69, 9.17) is 26.5 Å². The van der Waals surface area contributed by atoms with Gasteiger partial charge < -0.3 is 20.2 Å². The van der Waals surface area contributed by atoms with Gasteiger partial charge in [-0.05, 0) is 37.3 Å². The number of nitrogens with one attached hydrogen (secondary N) is 1. The van der Waals surface area contributed by atoms with Gasteiger partial charge in [0.2, 0.25) is 0 Å². The maximum Gasteiger partial charge on any atom is 0.340 e. The van der Waals surface area contributed by atoms with Crippen LogP contribution in [0.15, 0.2) is 41.0 Å². The molecule has 0 aliphatic carbocycles. The van der Waals surface area contributed by atoms with E-state index in [1.54, 1.807) is 25.1 Å². The molecule has 0 saturated heterocycles. The van der Waals surface area contributed by atoms with E-state index in [1.807, 2.05) is 0 Å². The maximum absolute atomic E-state index is 11.9. The van der Waals surface area contributed by atoms with Gasteiger partial charge in [-0.1, -0.05) is 11.6 Å². The Morgan fingerprint density at radius 3 is 2.86 bits per heavy atom. The average Bonchev–Trinajstić information content (AvgIpc) is 3.01. The molecule has 3 N–H and O–H groups in total. The minimum Gasteiger partial charge on any atom is -0.467 e. The molecular weight excluding hydrogens is 308 g/mol. The van der Waals surface area contributed by atoms with Crippen LogP contribution in [0.4, 0.5) is 5.69 Å². The maximum atomic E-state index is 11.9. The first-order valence-electron chi connectivity index (χ1n) is 6.52. The van der Waals surface area contributed by atoms with E-state index in [9.17, 15) is 9.59 Å². The van der Waals surface area contributed by atoms with E-state index < -0.39 is 18.5 Å². The monoisotopic (exact) mass is 322 g/mol. The van der Waals surface area contributed by atoms with Crippen molar-refractivity contribution in [1.82, 2.24) is 5.32 Å². The second kappa shape index (κ2) is 7.00. The fraction of sp³-hybridized carbons (Fsp3) is 0.200. The van der Waals surface area contributed by atoms with E-state index in [2.05, 4.69) is 5.32 Å². The molecule has 22 heavy (non-hydrogen) atoms. The molecule has 1 aromatic carbocycles. The van der Waals surface area contributed by atoms with Gasteiger partial charge in [0.1, 0.15) is 5.76 Å². The molecule has 2 aromatic rings. The summed E-state index contributed by atoms with van der Waals surface area (Å²) in [6.07, 6.45) is 1.51. The predicted molar refractivity (Wildman–Crippen MR) is 81.4 cm³/mol. The normalized spacial score (nSPS) is 11.7. The molecule has 1 heterocycles. The first-order valence-corrected chi connectivity index (χ1v) is 6.90. The lowest BCUT2D eigenvalue weighted by Crippen LogP contribution is -2.31. The highest BCUT2D eigenvalue weighted by Gasteiger charge is 2.16. The molecule has 0 bridgehead atoms. The van der Waals surface area contributed by atoms with Crippen LogP contribution in [0.2, 0.25) is 5.02 Å². The first kappa shape index (κ1) is 15.9. The summed E-state index contributed by atoms with van der Waals surface area (Å²) in [7, 11) is 0. The van der Waals surface area contributed by atoms with Crippen molar-refractivity contribution < 1.29 is 18.7 Å². The molecule has 6 nitrogen and oxygen atoms in total. The van der Waals surface area contributed by atoms with Gasteiger partial charge in [0.25, 0.3) is 5.91 Å². The zero-order valence-corrected chi connectivity index (χ0v) is 12.6. The number of nitrogens with two attached hydrogens (primary N) is 1. The fourth-order valence-corrected chi connectivity index (χ4v) is 1.98. The van der Waals surface area contributed by atoms with E-state index in [0.717, 1.165) is 0 Å². The van der Waals surface area contributed by atoms with Crippen LogP contribution in [-0.2, 0) is 9.53 Å². The highest BCUT2D eigenvalue weighted by atomic mass is 35.5. The van der Waals surface area contributed by atoms with Gasteiger partial charge in [-0.2, -0.15) is 0 Å². The molecule has 1 atom stereocenters. The lowest BCUT2D eigenvalue weighted by molar-refractivity contribution is -0.125. The number of amides is 1. The van der Waals surface area contributed by atoms with Crippen molar-refractivity contribution in [3.63, 3.8) is 0 Å². The van der Waals surface area contributed by atoms with Crippen molar-refractivity contribution in [3.8, 4) is 0 Å². The molecule has 116 valence electrons. The smallest absolute Gasteiger partial charge is 0.340 e. The Labute approximate surface area is 132 Å². The number of benzene rings is 1. The number of nitrogen functional groups attached to an aromatic ring is 1. The lowest BCUT2D eigenvalue weighted by atomic mass is 10.2. The molecule has 0 spiro atoms. The number of halogens is 1. The van der Waals surface area contributed by atoms with Crippen molar-refractivity contribution in [2.24, 2.45) is 0 Å². The third kappa shape index (κ3) is 4.02. The number of esters is 1. The number of hydrogen-bond donors (Lipinski definition) is 2. The minimum absolute atomic E-state index is 0.124. The zero-order chi connectivity index (χ0) is 16.1. The van der Waals surface area contributed by atoms with E-state index in [1.165, 1.54) is 18.4 Å². The first-order chi connectivity index (χ1) is 10.5. The highest BCUT2D eigenvalue weighted by Crippen LogP contribution is 2.18. The van der Waals surface area contributed by atoms with Crippen LogP contribution in [0, 0.1) is 0 Å².